The molecule has 7 nitrogen and oxygen atoms in total. The summed E-state index contributed by atoms with van der Waals surface area (Å²) >= 11 is 1.37. The fourth-order valence-electron chi connectivity index (χ4n) is 3.52. The second-order valence-electron chi connectivity index (χ2n) is 7.55. The summed E-state index contributed by atoms with van der Waals surface area (Å²) in [5.74, 6) is 0.675. The van der Waals surface area contributed by atoms with Gasteiger partial charge in [0, 0.05) is 25.3 Å². The molecule has 180 valence electrons. The Balaban J connectivity index is 1.76. The van der Waals surface area contributed by atoms with E-state index in [4.69, 9.17) is 9.47 Å². The molecule has 3 rings (SSSR count). The van der Waals surface area contributed by atoms with E-state index in [1.807, 2.05) is 11.4 Å². The normalized spacial score (nSPS) is 10.7. The first kappa shape index (κ1) is 25.3. The third-order valence-corrected chi connectivity index (χ3v) is 6.39. The van der Waals surface area contributed by atoms with Gasteiger partial charge in [-0.15, -0.1) is 11.3 Å². The Kier molecular flexibility index (Phi) is 9.07. The van der Waals surface area contributed by atoms with Crippen molar-refractivity contribution < 1.29 is 19.1 Å². The molecule has 0 saturated heterocycles. The second-order valence-corrected chi connectivity index (χ2v) is 8.50. The van der Waals surface area contributed by atoms with Crippen LogP contribution >= 0.6 is 11.3 Å². The van der Waals surface area contributed by atoms with Gasteiger partial charge in [0.2, 0.25) is 0 Å². The smallest absolute Gasteiger partial charge is 0.268 e. The fourth-order valence-corrected chi connectivity index (χ4v) is 4.22. The summed E-state index contributed by atoms with van der Waals surface area (Å²) in [6.07, 6.45) is 0. The number of para-hydroxylation sites is 1. The van der Waals surface area contributed by atoms with Gasteiger partial charge in [-0.05, 0) is 48.8 Å². The Hall–Kier alpha value is -3.36. The Bertz CT molecular complexity index is 1100. The molecule has 0 spiro atoms. The first-order chi connectivity index (χ1) is 16.5. The second kappa shape index (κ2) is 12.2. The molecule has 0 aliphatic carbocycles. The van der Waals surface area contributed by atoms with Crippen molar-refractivity contribution in [2.75, 3.05) is 50.6 Å². The number of anilines is 2. The maximum atomic E-state index is 13.2. The topological polar surface area (TPSA) is 71.1 Å². The molecular weight excluding hydrogens is 450 g/mol. The third-order valence-electron chi connectivity index (χ3n) is 5.53. The first-order valence-electron chi connectivity index (χ1n) is 11.2. The summed E-state index contributed by atoms with van der Waals surface area (Å²) in [5.41, 5.74) is 1.50. The average molecular weight is 482 g/mol. The van der Waals surface area contributed by atoms with Crippen LogP contribution in [0.3, 0.4) is 0 Å². The van der Waals surface area contributed by atoms with E-state index in [0.29, 0.717) is 39.9 Å². The molecule has 8 heteroatoms. The zero-order chi connectivity index (χ0) is 24.5. The van der Waals surface area contributed by atoms with Gasteiger partial charge >= 0.3 is 0 Å². The molecule has 1 heterocycles. The van der Waals surface area contributed by atoms with Crippen molar-refractivity contribution in [3.05, 3.63) is 70.4 Å². The van der Waals surface area contributed by atoms with E-state index in [9.17, 15) is 9.59 Å². The minimum absolute atomic E-state index is 0.163. The van der Waals surface area contributed by atoms with Crippen molar-refractivity contribution in [1.82, 2.24) is 4.90 Å². The number of carbonyl (C=O) groups excluding carboxylic acids is 2. The van der Waals surface area contributed by atoms with E-state index < -0.39 is 0 Å². The average Bonchev–Trinajstić information content (AvgIpc) is 3.41. The largest absolute Gasteiger partial charge is 0.493 e. The number of nitrogens with one attached hydrogen (secondary N) is 1. The van der Waals surface area contributed by atoms with Crippen LogP contribution in [0.25, 0.3) is 0 Å². The number of nitrogens with zero attached hydrogens (tertiary/aromatic N) is 2. The zero-order valence-electron chi connectivity index (χ0n) is 20.0. The van der Waals surface area contributed by atoms with Gasteiger partial charge in [0.15, 0.2) is 11.5 Å². The van der Waals surface area contributed by atoms with E-state index >= 15 is 0 Å². The lowest BCUT2D eigenvalue weighted by atomic mass is 10.1. The molecule has 0 fully saturated rings. The molecule has 1 N–H and O–H groups in total. The summed E-state index contributed by atoms with van der Waals surface area (Å²) in [6, 6.07) is 15.9. The van der Waals surface area contributed by atoms with Gasteiger partial charge in [0.25, 0.3) is 11.8 Å². The van der Waals surface area contributed by atoms with Crippen LogP contribution in [-0.4, -0.2) is 57.1 Å². The van der Waals surface area contributed by atoms with Gasteiger partial charge < -0.3 is 24.6 Å². The Morgan fingerprint density at radius 2 is 1.76 bits per heavy atom. The number of rotatable bonds is 11. The van der Waals surface area contributed by atoms with Crippen LogP contribution in [-0.2, 0) is 0 Å². The Labute approximate surface area is 204 Å². The van der Waals surface area contributed by atoms with Crippen molar-refractivity contribution in [2.45, 2.75) is 13.8 Å². The molecule has 0 saturated carbocycles. The lowest BCUT2D eigenvalue weighted by Crippen LogP contribution is -2.28. The molecule has 0 bridgehead atoms. The molecule has 1 aromatic heterocycles. The highest BCUT2D eigenvalue weighted by Gasteiger charge is 2.20. The number of ether oxygens (including phenoxy) is 2. The monoisotopic (exact) mass is 481 g/mol. The maximum Gasteiger partial charge on any atom is 0.268 e. The minimum Gasteiger partial charge on any atom is -0.493 e. The van der Waals surface area contributed by atoms with E-state index in [0.717, 1.165) is 19.6 Å². The predicted octanol–water partition coefficient (Wildman–Crippen LogP) is 5.01. The van der Waals surface area contributed by atoms with Crippen molar-refractivity contribution in [3.8, 4) is 11.5 Å². The lowest BCUT2D eigenvalue weighted by Gasteiger charge is -2.20. The summed E-state index contributed by atoms with van der Waals surface area (Å²) in [4.78, 5) is 30.4. The van der Waals surface area contributed by atoms with E-state index in [-0.39, 0.29) is 11.8 Å². The van der Waals surface area contributed by atoms with Crippen molar-refractivity contribution in [3.63, 3.8) is 0 Å². The molecule has 3 aromatic rings. The first-order valence-corrected chi connectivity index (χ1v) is 12.1. The van der Waals surface area contributed by atoms with E-state index in [1.165, 1.54) is 16.2 Å². The summed E-state index contributed by atoms with van der Waals surface area (Å²) in [5, 5.41) is 4.77. The highest BCUT2D eigenvalue weighted by atomic mass is 32.1. The summed E-state index contributed by atoms with van der Waals surface area (Å²) in [6.45, 7) is 7.44. The molecule has 0 aliphatic rings. The number of amides is 2. The molecule has 0 unspecified atom stereocenters. The highest BCUT2D eigenvalue weighted by molar-refractivity contribution is 7.12. The summed E-state index contributed by atoms with van der Waals surface area (Å²) < 4.78 is 11.4. The molecule has 0 aliphatic heterocycles. The highest BCUT2D eigenvalue weighted by Crippen LogP contribution is 2.31. The number of thiophene rings is 1. The van der Waals surface area contributed by atoms with Gasteiger partial charge in [-0.3, -0.25) is 9.59 Å². The van der Waals surface area contributed by atoms with Crippen LogP contribution in [0.15, 0.2) is 60.0 Å². The van der Waals surface area contributed by atoms with Crippen LogP contribution in [0.1, 0.15) is 33.9 Å². The number of hydrogen-bond donors (Lipinski definition) is 1. The van der Waals surface area contributed by atoms with Crippen molar-refractivity contribution >= 4 is 34.5 Å². The van der Waals surface area contributed by atoms with Crippen LogP contribution in [0.4, 0.5) is 11.4 Å². The number of carbonyl (C=O) groups is 2. The van der Waals surface area contributed by atoms with E-state index in [1.54, 1.807) is 62.7 Å². The Morgan fingerprint density at radius 1 is 1.00 bits per heavy atom. The SMILES string of the molecule is CCN(CC)CCOc1cc(NC(=O)c2ccccc2N(C)C(=O)c2cccs2)ccc1OC. The standard InChI is InChI=1S/C26H31N3O4S/c1-5-29(6-2)15-16-33-23-18-19(13-14-22(23)32-4)27-25(30)20-10-7-8-11-21(20)28(3)26(31)24-12-9-17-34-24/h7-14,17-18H,5-6,15-16H2,1-4H3,(H,27,30). The Morgan fingerprint density at radius 3 is 2.44 bits per heavy atom. The minimum atomic E-state index is -0.319. The van der Waals surface area contributed by atoms with Gasteiger partial charge in [-0.25, -0.2) is 0 Å². The molecule has 0 radical (unpaired) electrons. The van der Waals surface area contributed by atoms with Crippen LogP contribution in [0.5, 0.6) is 11.5 Å². The number of hydrogen-bond acceptors (Lipinski definition) is 6. The molecule has 2 amide bonds. The van der Waals surface area contributed by atoms with Crippen LogP contribution in [0, 0.1) is 0 Å². The molecule has 0 atom stereocenters. The van der Waals surface area contributed by atoms with Crippen molar-refractivity contribution in [1.29, 1.82) is 0 Å². The van der Waals surface area contributed by atoms with Crippen LogP contribution < -0.4 is 19.7 Å². The van der Waals surface area contributed by atoms with Gasteiger partial charge in [0.1, 0.15) is 6.61 Å². The molecular formula is C26H31N3O4S. The molecule has 34 heavy (non-hydrogen) atoms. The zero-order valence-corrected chi connectivity index (χ0v) is 20.9. The van der Waals surface area contributed by atoms with Gasteiger partial charge in [-0.2, -0.15) is 0 Å². The summed E-state index contributed by atoms with van der Waals surface area (Å²) in [7, 11) is 3.25. The maximum absolute atomic E-state index is 13.2. The fraction of sp³-hybridized carbons (Fsp3) is 0.308. The lowest BCUT2D eigenvalue weighted by molar-refractivity contribution is 0.0996. The number of benzene rings is 2. The number of likely N-dealkylation sites (N-methyl/N-ethyl adjacent to an activating group) is 1. The quantitative estimate of drug-likeness (QED) is 0.417. The molecule has 2 aromatic carbocycles. The number of methoxy groups -OCH3 is 1. The third kappa shape index (κ3) is 6.15. The van der Waals surface area contributed by atoms with Gasteiger partial charge in [-0.1, -0.05) is 32.0 Å². The van der Waals surface area contributed by atoms with Crippen LogP contribution in [0.2, 0.25) is 0 Å². The predicted molar refractivity (Wildman–Crippen MR) is 138 cm³/mol. The van der Waals surface area contributed by atoms with E-state index in [2.05, 4.69) is 24.1 Å². The van der Waals surface area contributed by atoms with Gasteiger partial charge in [0.05, 0.1) is 23.2 Å². The van der Waals surface area contributed by atoms with Crippen molar-refractivity contribution in [2.24, 2.45) is 0 Å².